The molecule has 7 nitrogen and oxygen atoms in total. The van der Waals surface area contributed by atoms with Gasteiger partial charge in [0.2, 0.25) is 0 Å². The molecule has 3 aromatic rings. The molecule has 1 atom stereocenters. The molecule has 0 saturated carbocycles. The number of nitrogens with zero attached hydrogens (tertiary/aromatic N) is 6. The molecule has 1 aliphatic rings. The Kier molecular flexibility index (Phi) is 7.09. The van der Waals surface area contributed by atoms with Gasteiger partial charge >= 0.3 is 0 Å². The van der Waals surface area contributed by atoms with E-state index in [0.717, 1.165) is 61.5 Å². The molecule has 0 spiro atoms. The summed E-state index contributed by atoms with van der Waals surface area (Å²) in [5.41, 5.74) is 4.96. The minimum absolute atomic E-state index is 0.249. The molecule has 0 bridgehead atoms. The Labute approximate surface area is 188 Å². The lowest BCUT2D eigenvalue weighted by atomic mass is 10.1. The van der Waals surface area contributed by atoms with Gasteiger partial charge in [-0.15, -0.1) is 10.2 Å². The lowest BCUT2D eigenvalue weighted by Gasteiger charge is -2.19. The van der Waals surface area contributed by atoms with Gasteiger partial charge in [-0.3, -0.25) is 9.58 Å². The molecule has 0 aliphatic carbocycles. The van der Waals surface area contributed by atoms with Crippen molar-refractivity contribution < 1.29 is 4.74 Å². The van der Waals surface area contributed by atoms with E-state index in [2.05, 4.69) is 76.1 Å². The average Bonchev–Trinajstić information content (AvgIpc) is 3.45. The molecule has 166 valence electrons. The summed E-state index contributed by atoms with van der Waals surface area (Å²) in [5.74, 6) is 1.88. The van der Waals surface area contributed by atoms with E-state index in [0.29, 0.717) is 0 Å². The molecule has 8 heteroatoms. The Morgan fingerprint density at radius 3 is 2.71 bits per heavy atom. The maximum Gasteiger partial charge on any atom is 0.191 e. The molecule has 31 heavy (non-hydrogen) atoms. The smallest absolute Gasteiger partial charge is 0.191 e. The van der Waals surface area contributed by atoms with Crippen LogP contribution in [0, 0.1) is 13.8 Å². The van der Waals surface area contributed by atoms with E-state index in [4.69, 9.17) is 4.74 Å². The zero-order chi connectivity index (χ0) is 21.8. The van der Waals surface area contributed by atoms with E-state index in [-0.39, 0.29) is 6.10 Å². The van der Waals surface area contributed by atoms with Gasteiger partial charge in [-0.05, 0) is 44.9 Å². The summed E-state index contributed by atoms with van der Waals surface area (Å²) in [7, 11) is 4.09. The summed E-state index contributed by atoms with van der Waals surface area (Å²) in [6.07, 6.45) is 4.57. The molecule has 0 amide bonds. The minimum atomic E-state index is 0.249. The predicted octanol–water partition coefficient (Wildman–Crippen LogP) is 3.73. The summed E-state index contributed by atoms with van der Waals surface area (Å²) in [6.45, 7) is 7.46. The molecule has 1 fully saturated rings. The van der Waals surface area contributed by atoms with Gasteiger partial charge in [0.05, 0.1) is 24.9 Å². The van der Waals surface area contributed by atoms with Crippen molar-refractivity contribution in [2.24, 2.45) is 7.05 Å². The average molecular weight is 441 g/mol. The topological polar surface area (TPSA) is 61.0 Å². The van der Waals surface area contributed by atoms with Crippen molar-refractivity contribution in [3.8, 4) is 0 Å². The molecule has 2 aromatic heterocycles. The first kappa shape index (κ1) is 22.0. The summed E-state index contributed by atoms with van der Waals surface area (Å²) in [5, 5.41) is 14.6. The highest BCUT2D eigenvalue weighted by Crippen LogP contribution is 2.26. The number of ether oxygens (including phenoxy) is 1. The zero-order valence-electron chi connectivity index (χ0n) is 18.9. The van der Waals surface area contributed by atoms with Gasteiger partial charge in [0.25, 0.3) is 0 Å². The molecule has 0 unspecified atom stereocenters. The van der Waals surface area contributed by atoms with Gasteiger partial charge in [0, 0.05) is 37.7 Å². The van der Waals surface area contributed by atoms with E-state index < -0.39 is 0 Å². The van der Waals surface area contributed by atoms with Crippen LogP contribution in [0.2, 0.25) is 0 Å². The van der Waals surface area contributed by atoms with E-state index in [1.807, 2.05) is 11.7 Å². The number of benzene rings is 1. The number of aromatic nitrogens is 5. The maximum atomic E-state index is 5.93. The van der Waals surface area contributed by atoms with Crippen molar-refractivity contribution in [2.45, 2.75) is 63.3 Å². The summed E-state index contributed by atoms with van der Waals surface area (Å²) >= 11 is 1.76. The number of hydrogen-bond donors (Lipinski definition) is 0. The van der Waals surface area contributed by atoms with Crippen molar-refractivity contribution in [2.75, 3.05) is 13.7 Å². The quantitative estimate of drug-likeness (QED) is 0.473. The number of rotatable bonds is 9. The molecule has 1 aliphatic heterocycles. The van der Waals surface area contributed by atoms with Gasteiger partial charge < -0.3 is 9.30 Å². The van der Waals surface area contributed by atoms with Gasteiger partial charge in [-0.25, -0.2) is 0 Å². The van der Waals surface area contributed by atoms with Crippen molar-refractivity contribution >= 4 is 11.8 Å². The number of aryl methyl sites for hydroxylation is 3. The summed E-state index contributed by atoms with van der Waals surface area (Å²) < 4.78 is 10.1. The molecule has 3 heterocycles. The van der Waals surface area contributed by atoms with Crippen LogP contribution < -0.4 is 0 Å². The van der Waals surface area contributed by atoms with Crippen LogP contribution in [-0.2, 0) is 37.2 Å². The Hall–Kier alpha value is -2.16. The van der Waals surface area contributed by atoms with Crippen molar-refractivity contribution in [3.63, 3.8) is 0 Å². The SMILES string of the molecule is Cc1ccccc1CSc1nnc(CN(C)Cc2cn(C)nc2C)n1C[C@H]1CCCO1. The van der Waals surface area contributed by atoms with E-state index in [1.165, 1.54) is 16.7 Å². The highest BCUT2D eigenvalue weighted by atomic mass is 32.2. The Bertz CT molecular complexity index is 1010. The van der Waals surface area contributed by atoms with Crippen molar-refractivity contribution in [1.29, 1.82) is 0 Å². The van der Waals surface area contributed by atoms with Crippen LogP contribution in [0.15, 0.2) is 35.6 Å². The molecule has 1 aromatic carbocycles. The van der Waals surface area contributed by atoms with Crippen LogP contribution in [0.25, 0.3) is 0 Å². The fourth-order valence-corrected chi connectivity index (χ4v) is 5.07. The highest BCUT2D eigenvalue weighted by molar-refractivity contribution is 7.98. The van der Waals surface area contributed by atoms with E-state index in [9.17, 15) is 0 Å². The fraction of sp³-hybridized carbons (Fsp3) is 0.522. The van der Waals surface area contributed by atoms with Crippen LogP contribution in [0.1, 0.15) is 41.1 Å². The Morgan fingerprint density at radius 1 is 1.16 bits per heavy atom. The first-order valence-corrected chi connectivity index (χ1v) is 11.9. The third kappa shape index (κ3) is 5.56. The van der Waals surface area contributed by atoms with Crippen LogP contribution in [0.5, 0.6) is 0 Å². The second kappa shape index (κ2) is 9.97. The largest absolute Gasteiger partial charge is 0.376 e. The van der Waals surface area contributed by atoms with Gasteiger partial charge in [0.15, 0.2) is 5.16 Å². The van der Waals surface area contributed by atoms with Crippen LogP contribution >= 0.6 is 11.8 Å². The standard InChI is InChI=1S/C23H32N6OS/c1-17-8-5-6-9-19(17)16-31-23-25-24-22(29(23)14-21-10-7-11-30-21)15-27(3)12-20-13-28(4)26-18(20)2/h5-6,8-9,13,21H,7,10-12,14-16H2,1-4H3/t21-/m1/s1. The highest BCUT2D eigenvalue weighted by Gasteiger charge is 2.22. The Balaban J connectivity index is 1.49. The predicted molar refractivity (Wildman–Crippen MR) is 123 cm³/mol. The van der Waals surface area contributed by atoms with Gasteiger partial charge in [0.1, 0.15) is 5.82 Å². The molecule has 0 radical (unpaired) electrons. The second-order valence-electron chi connectivity index (χ2n) is 8.45. The zero-order valence-corrected chi connectivity index (χ0v) is 19.7. The van der Waals surface area contributed by atoms with Gasteiger partial charge in [-0.2, -0.15) is 5.10 Å². The fourth-order valence-electron chi connectivity index (χ4n) is 4.02. The lowest BCUT2D eigenvalue weighted by molar-refractivity contribution is 0.0934. The summed E-state index contributed by atoms with van der Waals surface area (Å²) in [4.78, 5) is 2.27. The summed E-state index contributed by atoms with van der Waals surface area (Å²) in [6, 6.07) is 8.53. The minimum Gasteiger partial charge on any atom is -0.376 e. The number of hydrogen-bond acceptors (Lipinski definition) is 6. The first-order valence-electron chi connectivity index (χ1n) is 10.9. The molecular weight excluding hydrogens is 408 g/mol. The maximum absolute atomic E-state index is 5.93. The third-order valence-electron chi connectivity index (χ3n) is 5.79. The Morgan fingerprint density at radius 2 is 2.00 bits per heavy atom. The van der Waals surface area contributed by atoms with E-state index in [1.54, 1.807) is 11.8 Å². The number of thioether (sulfide) groups is 1. The molecule has 0 N–H and O–H groups in total. The van der Waals surface area contributed by atoms with Crippen molar-refractivity contribution in [1.82, 2.24) is 29.4 Å². The monoisotopic (exact) mass is 440 g/mol. The van der Waals surface area contributed by atoms with Crippen LogP contribution in [0.3, 0.4) is 0 Å². The molecular formula is C23H32N6OS. The van der Waals surface area contributed by atoms with Crippen molar-refractivity contribution in [3.05, 3.63) is 58.7 Å². The third-order valence-corrected chi connectivity index (χ3v) is 6.80. The van der Waals surface area contributed by atoms with E-state index >= 15 is 0 Å². The lowest BCUT2D eigenvalue weighted by Crippen LogP contribution is -2.23. The van der Waals surface area contributed by atoms with Crippen LogP contribution in [-0.4, -0.2) is 49.2 Å². The first-order chi connectivity index (χ1) is 15.0. The van der Waals surface area contributed by atoms with Gasteiger partial charge in [-0.1, -0.05) is 36.0 Å². The second-order valence-corrected chi connectivity index (χ2v) is 9.39. The normalized spacial score (nSPS) is 16.5. The van der Waals surface area contributed by atoms with Crippen LogP contribution in [0.4, 0.5) is 0 Å². The molecule has 4 rings (SSSR count). The molecule has 1 saturated heterocycles.